The second-order valence-corrected chi connectivity index (χ2v) is 0.447. The van der Waals surface area contributed by atoms with Gasteiger partial charge in [0.1, 0.15) is 0 Å². The van der Waals surface area contributed by atoms with E-state index in [-0.39, 0.29) is 0 Å². The summed E-state index contributed by atoms with van der Waals surface area (Å²) in [7, 11) is -0.807. The largest absolute Gasteiger partial charge is 0.712 e. The first-order chi connectivity index (χ1) is 1.91. The molecule has 0 unspecified atom stereocenters. The molecule has 24 valence electrons. The minimum Gasteiger partial charge on any atom is -0.712 e. The van der Waals surface area contributed by atoms with Crippen LogP contribution >= 0.6 is 8.69 Å². The summed E-state index contributed by atoms with van der Waals surface area (Å²) in [5.41, 5.74) is 0. The van der Waals surface area contributed by atoms with Gasteiger partial charge in [-0.1, -0.05) is 0 Å². The summed E-state index contributed by atoms with van der Waals surface area (Å²) in [6.07, 6.45) is 0. The van der Waals surface area contributed by atoms with Gasteiger partial charge >= 0.3 is 8.69 Å². The average Bonchev–Trinajstić information content (AvgIpc) is 1.37. The van der Waals surface area contributed by atoms with Crippen molar-refractivity contribution in [3.05, 3.63) is 0 Å². The number of hydrogen-bond acceptors (Lipinski definition) is 3. The minimum absolute atomic E-state index is 0.807. The molecule has 0 amide bonds. The second-order valence-electron chi connectivity index (χ2n) is 0.149. The Balaban J connectivity index is 2.30. The van der Waals surface area contributed by atoms with E-state index in [4.69, 9.17) is 9.82 Å². The quantitative estimate of drug-likeness (QED) is 0.241. The van der Waals surface area contributed by atoms with E-state index in [9.17, 15) is 0 Å². The van der Waals surface area contributed by atoms with Gasteiger partial charge in [-0.05, 0) is 0 Å². The zero-order chi connectivity index (χ0) is 3.41. The third-order valence-corrected chi connectivity index (χ3v) is 0.0913. The molecule has 0 aliphatic rings. The monoisotopic (exact) mass is 79.0 g/mol. The lowest BCUT2D eigenvalue weighted by molar-refractivity contribution is -0.633. The van der Waals surface area contributed by atoms with Crippen molar-refractivity contribution in [2.24, 2.45) is 0 Å². The van der Waals surface area contributed by atoms with Crippen LogP contribution in [0.25, 0.3) is 0 Å². The molecule has 0 aromatic heterocycles. The van der Waals surface area contributed by atoms with Crippen LogP contribution < -0.4 is 5.26 Å². The van der Waals surface area contributed by atoms with Crippen molar-refractivity contribution in [3.8, 4) is 0 Å². The standard InChI is InChI=1S/HO3P/c1-3-4-2/h1H/p-1. The minimum atomic E-state index is -0.807. The molecule has 0 bridgehead atoms. The van der Waals surface area contributed by atoms with Crippen LogP contribution in [0.3, 0.4) is 0 Å². The fraction of sp³-hybridized carbons (Fsp3) is 0. The topological polar surface area (TPSA) is 49.4 Å². The molecule has 0 aliphatic heterocycles. The molecule has 0 atom stereocenters. The van der Waals surface area contributed by atoms with E-state index in [1.54, 1.807) is 0 Å². The van der Waals surface area contributed by atoms with Gasteiger partial charge in [0.15, 0.2) is 0 Å². The average molecular weight is 79.0 g/mol. The van der Waals surface area contributed by atoms with E-state index < -0.39 is 8.69 Å². The Morgan fingerprint density at radius 1 is 2.00 bits per heavy atom. The molecule has 0 radical (unpaired) electrons. The Morgan fingerprint density at radius 3 is 2.25 bits per heavy atom. The molecule has 0 aromatic carbocycles. The summed E-state index contributed by atoms with van der Waals surface area (Å²) in [6, 6.07) is 0. The molecule has 0 aromatic rings. The van der Waals surface area contributed by atoms with Gasteiger partial charge in [-0.3, -0.25) is 0 Å². The lowest BCUT2D eigenvalue weighted by atomic mass is 15.0. The predicted octanol–water partition coefficient (Wildman–Crippen LogP) is -0.515. The van der Waals surface area contributed by atoms with Gasteiger partial charge in [0, 0.05) is 0 Å². The molecule has 4 heteroatoms. The Bertz CT molecular complexity index is 17.2. The van der Waals surface area contributed by atoms with Crippen LogP contribution in [0.2, 0.25) is 0 Å². The van der Waals surface area contributed by atoms with E-state index in [0.717, 1.165) is 0 Å². The maximum Gasteiger partial charge on any atom is 0.317 e. The van der Waals surface area contributed by atoms with Gasteiger partial charge in [-0.25, -0.2) is 4.57 Å². The molecule has 0 heterocycles. The van der Waals surface area contributed by atoms with Crippen LogP contribution in [0, 0.1) is 0 Å². The Kier molecular flexibility index (Phi) is 3.04. The van der Waals surface area contributed by atoms with E-state index in [1.807, 2.05) is 0 Å². The molecule has 0 saturated heterocycles. The lowest BCUT2D eigenvalue weighted by Crippen LogP contribution is -1.89. The smallest absolute Gasteiger partial charge is 0.317 e. The van der Waals surface area contributed by atoms with Gasteiger partial charge in [-0.2, -0.15) is 0 Å². The molecule has 3 nitrogen and oxygen atoms in total. The van der Waals surface area contributed by atoms with E-state index in [0.29, 0.717) is 0 Å². The first-order valence-corrected chi connectivity index (χ1v) is 1.26. The van der Waals surface area contributed by atoms with Crippen molar-refractivity contribution in [2.75, 3.05) is 0 Å². The maximum atomic E-state index is 8.74. The van der Waals surface area contributed by atoms with Crippen molar-refractivity contribution >= 4 is 8.69 Å². The summed E-state index contributed by atoms with van der Waals surface area (Å²) in [5, 5.41) is 8.47. The van der Waals surface area contributed by atoms with Crippen molar-refractivity contribution in [3.63, 3.8) is 0 Å². The highest BCUT2D eigenvalue weighted by Gasteiger charge is 1.40. The highest BCUT2D eigenvalue weighted by Crippen LogP contribution is 1.78. The fourth-order valence-electron chi connectivity index (χ4n) is 0. The van der Waals surface area contributed by atoms with Crippen LogP contribution in [0.15, 0.2) is 0 Å². The van der Waals surface area contributed by atoms with Gasteiger partial charge < -0.3 is 9.93 Å². The summed E-state index contributed by atoms with van der Waals surface area (Å²) in [5.74, 6) is 0. The normalized spacial score (nSPS) is 8.25. The summed E-state index contributed by atoms with van der Waals surface area (Å²) >= 11 is 0. The molecule has 0 rings (SSSR count). The molecule has 0 saturated carbocycles. The Morgan fingerprint density at radius 2 is 2.25 bits per heavy atom. The van der Waals surface area contributed by atoms with Gasteiger partial charge in [-0.15, -0.1) is 0 Å². The van der Waals surface area contributed by atoms with Crippen molar-refractivity contribution in [2.45, 2.75) is 0 Å². The lowest BCUT2D eigenvalue weighted by Gasteiger charge is -1.82. The van der Waals surface area contributed by atoms with Gasteiger partial charge in [0.2, 0.25) is 0 Å². The van der Waals surface area contributed by atoms with Gasteiger partial charge in [0.05, 0.1) is 0 Å². The van der Waals surface area contributed by atoms with E-state index >= 15 is 0 Å². The molecule has 0 N–H and O–H groups in total. The molecule has 4 heavy (non-hydrogen) atoms. The maximum absolute atomic E-state index is 8.74. The van der Waals surface area contributed by atoms with Crippen LogP contribution in [0.4, 0.5) is 0 Å². The highest BCUT2D eigenvalue weighted by atomic mass is 31.1. The summed E-state index contributed by atoms with van der Waals surface area (Å²) in [4.78, 5) is 0. The molecule has 0 aliphatic carbocycles. The van der Waals surface area contributed by atoms with Crippen molar-refractivity contribution < 1.29 is 14.5 Å². The van der Waals surface area contributed by atoms with Crippen LogP contribution in [0.5, 0.6) is 0 Å². The Hall–Kier alpha value is 0.0200. The van der Waals surface area contributed by atoms with Crippen molar-refractivity contribution in [1.82, 2.24) is 0 Å². The van der Waals surface area contributed by atoms with Gasteiger partial charge in [0.25, 0.3) is 0 Å². The van der Waals surface area contributed by atoms with Crippen LogP contribution in [-0.4, -0.2) is 0 Å². The molecule has 0 fully saturated rings. The molecule has 0 spiro atoms. The van der Waals surface area contributed by atoms with E-state index in [2.05, 4.69) is 4.67 Å². The fourth-order valence-corrected chi connectivity index (χ4v) is 0. The Labute approximate surface area is 24.4 Å². The van der Waals surface area contributed by atoms with E-state index in [1.165, 1.54) is 0 Å². The second kappa shape index (κ2) is 3.02. The summed E-state index contributed by atoms with van der Waals surface area (Å²) in [6.45, 7) is 0. The summed E-state index contributed by atoms with van der Waals surface area (Å²) < 4.78 is 11.4. The molecular weight excluding hydrogens is 79.0 g/mol. The third-order valence-electron chi connectivity index (χ3n) is 0.0304. The highest BCUT2D eigenvalue weighted by molar-refractivity contribution is 7.17. The number of rotatable bonds is 1. The van der Waals surface area contributed by atoms with Crippen molar-refractivity contribution in [1.29, 1.82) is 0 Å². The number of hydrogen-bond donors (Lipinski definition) is 0. The van der Waals surface area contributed by atoms with Crippen LogP contribution in [0.1, 0.15) is 0 Å². The zero-order valence-corrected chi connectivity index (χ0v) is 2.57. The SMILES string of the molecule is O=PO[O-]. The zero-order valence-electron chi connectivity index (χ0n) is 1.67. The van der Waals surface area contributed by atoms with Crippen LogP contribution in [-0.2, 0) is 9.24 Å². The molecular formula is O3P-. The third kappa shape index (κ3) is 2.02. The predicted molar refractivity (Wildman–Crippen MR) is 8.69 cm³/mol. The first kappa shape index (κ1) is 4.02. The first-order valence-electron chi connectivity index (χ1n) is 0.532.